The summed E-state index contributed by atoms with van der Waals surface area (Å²) in [4.78, 5) is 13.7. The Labute approximate surface area is 144 Å². The van der Waals surface area contributed by atoms with E-state index in [4.69, 9.17) is 0 Å². The molecule has 0 aliphatic carbocycles. The van der Waals surface area contributed by atoms with Gasteiger partial charge in [-0.3, -0.25) is 9.88 Å². The van der Waals surface area contributed by atoms with Gasteiger partial charge in [0.05, 0.1) is 11.6 Å². The van der Waals surface area contributed by atoms with Gasteiger partial charge in [0.2, 0.25) is 0 Å². The van der Waals surface area contributed by atoms with E-state index in [2.05, 4.69) is 20.9 Å². The van der Waals surface area contributed by atoms with Crippen molar-refractivity contribution in [2.45, 2.75) is 25.3 Å². The second kappa shape index (κ2) is 6.04. The summed E-state index contributed by atoms with van der Waals surface area (Å²) in [5, 5.41) is 2.04. The minimum Gasteiger partial charge on any atom is -0.354 e. The molecule has 4 nitrogen and oxygen atoms in total. The van der Waals surface area contributed by atoms with Gasteiger partial charge in [0.15, 0.2) is 0 Å². The van der Waals surface area contributed by atoms with Crippen LogP contribution in [0.4, 0.5) is 14.6 Å². The molecular weight excluding hydrogens is 330 g/mol. The third-order valence-corrected chi connectivity index (χ3v) is 6.09. The van der Waals surface area contributed by atoms with Gasteiger partial charge in [0, 0.05) is 56.4 Å². The zero-order chi connectivity index (χ0) is 16.6. The lowest BCUT2D eigenvalue weighted by Gasteiger charge is -2.45. The Morgan fingerprint density at radius 2 is 2.08 bits per heavy atom. The number of hydrogen-bond donors (Lipinski definition) is 0. The molecule has 0 bridgehead atoms. The van der Waals surface area contributed by atoms with Gasteiger partial charge in [-0.15, -0.1) is 11.3 Å². The highest BCUT2D eigenvalue weighted by Crippen LogP contribution is 2.50. The number of halogens is 2. The van der Waals surface area contributed by atoms with Crippen molar-refractivity contribution >= 4 is 17.2 Å². The number of nitrogens with zero attached hydrogens (tertiary/aromatic N) is 4. The van der Waals surface area contributed by atoms with E-state index >= 15 is 0 Å². The van der Waals surface area contributed by atoms with Gasteiger partial charge in [-0.2, -0.15) is 0 Å². The Morgan fingerprint density at radius 3 is 2.83 bits per heavy atom. The van der Waals surface area contributed by atoms with E-state index in [9.17, 15) is 8.78 Å². The van der Waals surface area contributed by atoms with Crippen molar-refractivity contribution in [2.75, 3.05) is 31.1 Å². The molecule has 2 aromatic rings. The highest BCUT2D eigenvalue weighted by Gasteiger charge is 2.59. The lowest BCUT2D eigenvalue weighted by atomic mass is 9.75. The SMILES string of the molecule is FC1(F)CCN(Cc2cccs2)CC12CCN(c1cnccn1)C2. The third-order valence-electron chi connectivity index (χ3n) is 5.23. The zero-order valence-electron chi connectivity index (χ0n) is 13.4. The summed E-state index contributed by atoms with van der Waals surface area (Å²) < 4.78 is 29.6. The minimum absolute atomic E-state index is 0.0628. The first kappa shape index (κ1) is 15.9. The molecule has 0 N–H and O–H groups in total. The molecule has 2 fully saturated rings. The van der Waals surface area contributed by atoms with Gasteiger partial charge >= 0.3 is 0 Å². The van der Waals surface area contributed by atoms with Crippen molar-refractivity contribution in [2.24, 2.45) is 5.41 Å². The minimum atomic E-state index is -2.63. The largest absolute Gasteiger partial charge is 0.354 e. The predicted molar refractivity (Wildman–Crippen MR) is 90.5 cm³/mol. The van der Waals surface area contributed by atoms with Crippen LogP contribution >= 0.6 is 11.3 Å². The standard InChI is InChI=1S/C17H20F2N4S/c18-17(19)4-7-22(11-14-2-1-9-24-14)12-16(17)3-8-23(13-16)15-10-20-5-6-21-15/h1-2,5-6,9-10H,3-4,7-8,11-13H2. The van der Waals surface area contributed by atoms with Crippen LogP contribution in [0.1, 0.15) is 17.7 Å². The highest BCUT2D eigenvalue weighted by molar-refractivity contribution is 7.09. The lowest BCUT2D eigenvalue weighted by molar-refractivity contribution is -0.158. The Kier molecular flexibility index (Phi) is 4.00. The summed E-state index contributed by atoms with van der Waals surface area (Å²) in [6.07, 6.45) is 5.31. The molecule has 0 aromatic carbocycles. The van der Waals surface area contributed by atoms with E-state index in [1.165, 1.54) is 4.88 Å². The molecule has 2 saturated heterocycles. The second-order valence-electron chi connectivity index (χ2n) is 6.76. The first-order chi connectivity index (χ1) is 11.6. The Bertz CT molecular complexity index is 679. The summed E-state index contributed by atoms with van der Waals surface area (Å²) in [5.41, 5.74) is -0.986. The molecule has 2 aromatic heterocycles. The number of piperidine rings is 1. The van der Waals surface area contributed by atoms with Gasteiger partial charge in [-0.1, -0.05) is 6.07 Å². The number of hydrogen-bond acceptors (Lipinski definition) is 5. The van der Waals surface area contributed by atoms with Crippen LogP contribution in [-0.2, 0) is 6.54 Å². The molecule has 128 valence electrons. The van der Waals surface area contributed by atoms with Crippen molar-refractivity contribution in [3.05, 3.63) is 41.0 Å². The Balaban J connectivity index is 1.53. The van der Waals surface area contributed by atoms with Crippen LogP contribution in [0.2, 0.25) is 0 Å². The average molecular weight is 350 g/mol. The van der Waals surface area contributed by atoms with Gasteiger partial charge in [-0.25, -0.2) is 13.8 Å². The lowest BCUT2D eigenvalue weighted by Crippen LogP contribution is -2.56. The molecule has 7 heteroatoms. The predicted octanol–water partition coefficient (Wildman–Crippen LogP) is 3.28. The maximum absolute atomic E-state index is 14.8. The summed E-state index contributed by atoms with van der Waals surface area (Å²) in [7, 11) is 0. The fourth-order valence-corrected chi connectivity index (χ4v) is 4.64. The van der Waals surface area contributed by atoms with Crippen LogP contribution in [0.5, 0.6) is 0 Å². The molecule has 0 radical (unpaired) electrons. The van der Waals surface area contributed by atoms with Crippen LogP contribution in [0, 0.1) is 5.41 Å². The number of thiophene rings is 1. The van der Waals surface area contributed by atoms with Crippen molar-refractivity contribution in [3.63, 3.8) is 0 Å². The maximum Gasteiger partial charge on any atom is 0.257 e. The molecule has 1 atom stereocenters. The average Bonchev–Trinajstić information content (AvgIpc) is 3.23. The first-order valence-corrected chi connectivity index (χ1v) is 9.10. The summed E-state index contributed by atoms with van der Waals surface area (Å²) >= 11 is 1.69. The Hall–Kier alpha value is -1.60. The monoisotopic (exact) mass is 350 g/mol. The van der Waals surface area contributed by atoms with Gasteiger partial charge in [0.25, 0.3) is 5.92 Å². The van der Waals surface area contributed by atoms with Gasteiger partial charge in [0.1, 0.15) is 5.82 Å². The third kappa shape index (κ3) is 2.80. The number of alkyl halides is 2. The fourth-order valence-electron chi connectivity index (χ4n) is 3.89. The first-order valence-electron chi connectivity index (χ1n) is 8.22. The summed E-state index contributed by atoms with van der Waals surface area (Å²) in [6, 6.07) is 4.09. The molecule has 2 aliphatic heterocycles. The topological polar surface area (TPSA) is 32.3 Å². The molecule has 0 amide bonds. The van der Waals surface area contributed by atoms with E-state index in [-0.39, 0.29) is 6.42 Å². The molecule has 0 saturated carbocycles. The molecule has 2 aliphatic rings. The number of aromatic nitrogens is 2. The van der Waals surface area contributed by atoms with Crippen LogP contribution in [-0.4, -0.2) is 47.0 Å². The normalized spacial score (nSPS) is 27.0. The molecule has 4 rings (SSSR count). The van der Waals surface area contributed by atoms with Crippen LogP contribution in [0.15, 0.2) is 36.1 Å². The van der Waals surface area contributed by atoms with E-state index in [0.29, 0.717) is 38.4 Å². The number of rotatable bonds is 3. The van der Waals surface area contributed by atoms with Crippen LogP contribution < -0.4 is 4.90 Å². The van der Waals surface area contributed by atoms with Crippen LogP contribution in [0.25, 0.3) is 0 Å². The summed E-state index contributed by atoms with van der Waals surface area (Å²) in [5.74, 6) is -1.93. The molecule has 1 unspecified atom stereocenters. The molecule has 4 heterocycles. The molecular formula is C17H20F2N4S. The van der Waals surface area contributed by atoms with Gasteiger partial charge in [-0.05, 0) is 17.9 Å². The quantitative estimate of drug-likeness (QED) is 0.850. The van der Waals surface area contributed by atoms with E-state index in [1.54, 1.807) is 29.9 Å². The van der Waals surface area contributed by atoms with E-state index < -0.39 is 11.3 Å². The number of anilines is 1. The molecule has 1 spiro atoms. The molecule has 24 heavy (non-hydrogen) atoms. The van der Waals surface area contributed by atoms with Crippen molar-refractivity contribution in [1.82, 2.24) is 14.9 Å². The van der Waals surface area contributed by atoms with Crippen LogP contribution in [0.3, 0.4) is 0 Å². The zero-order valence-corrected chi connectivity index (χ0v) is 14.2. The van der Waals surface area contributed by atoms with Crippen molar-refractivity contribution in [3.8, 4) is 0 Å². The second-order valence-corrected chi connectivity index (χ2v) is 7.79. The van der Waals surface area contributed by atoms with Gasteiger partial charge < -0.3 is 4.90 Å². The highest BCUT2D eigenvalue weighted by atomic mass is 32.1. The van der Waals surface area contributed by atoms with Crippen molar-refractivity contribution in [1.29, 1.82) is 0 Å². The van der Waals surface area contributed by atoms with Crippen molar-refractivity contribution < 1.29 is 8.78 Å². The maximum atomic E-state index is 14.8. The fraction of sp³-hybridized carbons (Fsp3) is 0.529. The Morgan fingerprint density at radius 1 is 1.17 bits per heavy atom. The van der Waals surface area contributed by atoms with E-state index in [1.807, 2.05) is 16.3 Å². The summed E-state index contributed by atoms with van der Waals surface area (Å²) in [6.45, 7) is 2.62. The van der Waals surface area contributed by atoms with E-state index in [0.717, 1.165) is 6.54 Å². The number of likely N-dealkylation sites (tertiary alicyclic amines) is 1. The smallest absolute Gasteiger partial charge is 0.257 e.